The third-order valence-electron chi connectivity index (χ3n) is 3.78. The maximum Gasteiger partial charge on any atom is 0.251 e. The van der Waals surface area contributed by atoms with Gasteiger partial charge in [-0.05, 0) is 29.8 Å². The maximum atomic E-state index is 12.5. The molecule has 1 fully saturated rings. The molecule has 24 heavy (non-hydrogen) atoms. The minimum Gasteiger partial charge on any atom is -0.343 e. The van der Waals surface area contributed by atoms with Gasteiger partial charge in [0.05, 0.1) is 6.54 Å². The van der Waals surface area contributed by atoms with E-state index in [9.17, 15) is 9.59 Å². The molecule has 0 aliphatic carbocycles. The fourth-order valence-electron chi connectivity index (χ4n) is 2.61. The van der Waals surface area contributed by atoms with Crippen LogP contribution in [0, 0.1) is 0 Å². The first kappa shape index (κ1) is 16.9. The minimum absolute atomic E-state index is 0.00858. The first-order chi connectivity index (χ1) is 11.6. The Hall–Kier alpha value is -1.98. The molecule has 2 aromatic rings. The second-order valence-electron chi connectivity index (χ2n) is 5.41. The Morgan fingerprint density at radius 2 is 1.96 bits per heavy atom. The molecule has 0 radical (unpaired) electrons. The van der Waals surface area contributed by atoms with Crippen molar-refractivity contribution < 1.29 is 9.59 Å². The van der Waals surface area contributed by atoms with Crippen LogP contribution in [0.4, 0.5) is 0 Å². The summed E-state index contributed by atoms with van der Waals surface area (Å²) in [5.41, 5.74) is 1.56. The molecule has 0 spiro atoms. The van der Waals surface area contributed by atoms with Gasteiger partial charge in [-0.3, -0.25) is 9.59 Å². The first-order valence-corrected chi connectivity index (χ1v) is 9.07. The number of thioether (sulfide) groups is 1. The molecule has 1 atom stereocenters. The average Bonchev–Trinajstić information content (AvgIpc) is 3.10. The molecule has 0 aromatic heterocycles. The second kappa shape index (κ2) is 7.73. The van der Waals surface area contributed by atoms with E-state index < -0.39 is 0 Å². The number of carbonyl (C=O) groups is 2. The smallest absolute Gasteiger partial charge is 0.251 e. The molecule has 124 valence electrons. The molecular weight excluding hydrogens is 344 g/mol. The highest BCUT2D eigenvalue weighted by atomic mass is 35.5. The summed E-state index contributed by atoms with van der Waals surface area (Å²) in [4.78, 5) is 26.4. The summed E-state index contributed by atoms with van der Waals surface area (Å²) in [7, 11) is 0. The van der Waals surface area contributed by atoms with Gasteiger partial charge in [-0.1, -0.05) is 41.9 Å². The number of nitrogens with one attached hydrogen (secondary N) is 1. The van der Waals surface area contributed by atoms with Crippen molar-refractivity contribution in [3.63, 3.8) is 0 Å². The van der Waals surface area contributed by atoms with Gasteiger partial charge in [0.1, 0.15) is 5.37 Å². The maximum absolute atomic E-state index is 12.5. The van der Waals surface area contributed by atoms with Crippen molar-refractivity contribution in [2.75, 3.05) is 18.8 Å². The van der Waals surface area contributed by atoms with Crippen molar-refractivity contribution in [2.24, 2.45) is 0 Å². The van der Waals surface area contributed by atoms with E-state index in [-0.39, 0.29) is 23.7 Å². The van der Waals surface area contributed by atoms with Gasteiger partial charge in [-0.25, -0.2) is 0 Å². The molecule has 0 bridgehead atoms. The van der Waals surface area contributed by atoms with Gasteiger partial charge in [-0.15, -0.1) is 11.8 Å². The third kappa shape index (κ3) is 3.91. The molecule has 0 saturated carbocycles. The summed E-state index contributed by atoms with van der Waals surface area (Å²) >= 11 is 7.76. The van der Waals surface area contributed by atoms with Crippen LogP contribution in [-0.2, 0) is 4.79 Å². The molecular formula is C18H17ClN2O2S. The van der Waals surface area contributed by atoms with E-state index in [1.165, 1.54) is 0 Å². The van der Waals surface area contributed by atoms with Crippen molar-refractivity contribution in [1.82, 2.24) is 10.2 Å². The largest absolute Gasteiger partial charge is 0.343 e. The van der Waals surface area contributed by atoms with E-state index in [2.05, 4.69) is 5.32 Å². The van der Waals surface area contributed by atoms with Gasteiger partial charge < -0.3 is 10.2 Å². The van der Waals surface area contributed by atoms with Crippen LogP contribution in [0.5, 0.6) is 0 Å². The van der Waals surface area contributed by atoms with Crippen molar-refractivity contribution in [3.8, 4) is 0 Å². The van der Waals surface area contributed by atoms with Crippen LogP contribution in [0.3, 0.4) is 0 Å². The fourth-order valence-corrected chi connectivity index (χ4v) is 4.08. The van der Waals surface area contributed by atoms with Crippen LogP contribution in [0.1, 0.15) is 21.3 Å². The normalized spacial score (nSPS) is 16.9. The highest BCUT2D eigenvalue weighted by Gasteiger charge is 2.30. The van der Waals surface area contributed by atoms with Crippen LogP contribution < -0.4 is 5.32 Å². The van der Waals surface area contributed by atoms with Crippen LogP contribution in [0.2, 0.25) is 5.02 Å². The van der Waals surface area contributed by atoms with Gasteiger partial charge in [-0.2, -0.15) is 0 Å². The summed E-state index contributed by atoms with van der Waals surface area (Å²) in [6, 6.07) is 16.4. The molecule has 1 aliphatic heterocycles. The fraction of sp³-hybridized carbons (Fsp3) is 0.222. The minimum atomic E-state index is -0.241. The number of amides is 2. The first-order valence-electron chi connectivity index (χ1n) is 7.65. The van der Waals surface area contributed by atoms with Gasteiger partial charge in [0.15, 0.2) is 0 Å². The van der Waals surface area contributed by atoms with E-state index in [1.807, 2.05) is 30.3 Å². The predicted octanol–water partition coefficient (Wildman–Crippen LogP) is 3.34. The predicted molar refractivity (Wildman–Crippen MR) is 97.1 cm³/mol. The van der Waals surface area contributed by atoms with E-state index in [0.717, 1.165) is 11.3 Å². The second-order valence-corrected chi connectivity index (χ2v) is 7.04. The summed E-state index contributed by atoms with van der Waals surface area (Å²) < 4.78 is 0. The van der Waals surface area contributed by atoms with Crippen molar-refractivity contribution in [2.45, 2.75) is 5.37 Å². The standard InChI is InChI=1S/C18H17ClN2O2S/c19-15-8-4-7-14(11-15)18-21(9-10-24-18)16(22)12-20-17(23)13-5-2-1-3-6-13/h1-8,11,18H,9-10,12H2,(H,20,23). The Labute approximate surface area is 150 Å². The highest BCUT2D eigenvalue weighted by Crippen LogP contribution is 2.38. The zero-order chi connectivity index (χ0) is 16.9. The number of halogens is 1. The van der Waals surface area contributed by atoms with E-state index in [0.29, 0.717) is 17.1 Å². The van der Waals surface area contributed by atoms with Gasteiger partial charge in [0.2, 0.25) is 5.91 Å². The Morgan fingerprint density at radius 3 is 2.71 bits per heavy atom. The molecule has 1 heterocycles. The van der Waals surface area contributed by atoms with Gasteiger partial charge in [0.25, 0.3) is 5.91 Å². The number of carbonyl (C=O) groups excluding carboxylic acids is 2. The summed E-state index contributed by atoms with van der Waals surface area (Å²) in [6.07, 6.45) is 0. The van der Waals surface area contributed by atoms with Crippen molar-refractivity contribution >= 4 is 35.2 Å². The molecule has 1 unspecified atom stereocenters. The molecule has 1 aliphatic rings. The molecule has 6 heteroatoms. The molecule has 2 aromatic carbocycles. The van der Waals surface area contributed by atoms with Crippen LogP contribution in [0.15, 0.2) is 54.6 Å². The lowest BCUT2D eigenvalue weighted by Crippen LogP contribution is -2.39. The molecule has 2 amide bonds. The topological polar surface area (TPSA) is 49.4 Å². The zero-order valence-electron chi connectivity index (χ0n) is 12.9. The lowest BCUT2D eigenvalue weighted by Gasteiger charge is -2.24. The average molecular weight is 361 g/mol. The Morgan fingerprint density at radius 1 is 1.17 bits per heavy atom. The Kier molecular flexibility index (Phi) is 5.43. The van der Waals surface area contributed by atoms with Gasteiger partial charge >= 0.3 is 0 Å². The highest BCUT2D eigenvalue weighted by molar-refractivity contribution is 7.99. The summed E-state index contributed by atoms with van der Waals surface area (Å²) in [5.74, 6) is 0.541. The summed E-state index contributed by atoms with van der Waals surface area (Å²) in [5, 5.41) is 3.30. The molecule has 3 rings (SSSR count). The van der Waals surface area contributed by atoms with E-state index in [1.54, 1.807) is 40.9 Å². The van der Waals surface area contributed by atoms with Crippen LogP contribution in [-0.4, -0.2) is 35.6 Å². The number of hydrogen-bond acceptors (Lipinski definition) is 3. The van der Waals surface area contributed by atoms with Gasteiger partial charge in [0, 0.05) is 22.9 Å². The lowest BCUT2D eigenvalue weighted by atomic mass is 10.2. The molecule has 4 nitrogen and oxygen atoms in total. The number of hydrogen-bond donors (Lipinski definition) is 1. The van der Waals surface area contributed by atoms with Crippen molar-refractivity contribution in [1.29, 1.82) is 0 Å². The molecule has 1 saturated heterocycles. The summed E-state index contributed by atoms with van der Waals surface area (Å²) in [6.45, 7) is 0.660. The van der Waals surface area contributed by atoms with E-state index >= 15 is 0 Å². The zero-order valence-corrected chi connectivity index (χ0v) is 14.5. The van der Waals surface area contributed by atoms with Crippen LogP contribution >= 0.6 is 23.4 Å². The number of nitrogens with zero attached hydrogens (tertiary/aromatic N) is 1. The SMILES string of the molecule is O=C(NCC(=O)N1CCSC1c1cccc(Cl)c1)c1ccccc1. The third-order valence-corrected chi connectivity index (χ3v) is 5.28. The quantitative estimate of drug-likeness (QED) is 0.909. The molecule has 1 N–H and O–H groups in total. The van der Waals surface area contributed by atoms with E-state index in [4.69, 9.17) is 11.6 Å². The number of rotatable bonds is 4. The number of benzene rings is 2. The Balaban J connectivity index is 1.63. The van der Waals surface area contributed by atoms with Crippen molar-refractivity contribution in [3.05, 3.63) is 70.7 Å². The monoisotopic (exact) mass is 360 g/mol. The Bertz CT molecular complexity index is 739. The lowest BCUT2D eigenvalue weighted by molar-refractivity contribution is -0.130. The van der Waals surface area contributed by atoms with Crippen LogP contribution in [0.25, 0.3) is 0 Å².